The number of nitrogens with one attached hydrogen (secondary N) is 1. The van der Waals surface area contributed by atoms with E-state index in [0.29, 0.717) is 13.0 Å². The van der Waals surface area contributed by atoms with Crippen LogP contribution in [0.25, 0.3) is 22.3 Å². The Balaban J connectivity index is 1.26. The summed E-state index contributed by atoms with van der Waals surface area (Å²) in [7, 11) is -3.39. The zero-order valence-corrected chi connectivity index (χ0v) is 19.2. The van der Waals surface area contributed by atoms with Gasteiger partial charge in [-0.1, -0.05) is 12.1 Å². The number of aryl methyl sites for hydroxylation is 1. The van der Waals surface area contributed by atoms with Crippen LogP contribution in [-0.4, -0.2) is 50.8 Å². The van der Waals surface area contributed by atoms with Gasteiger partial charge in [0.25, 0.3) is 0 Å². The lowest BCUT2D eigenvalue weighted by Gasteiger charge is -2.21. The van der Waals surface area contributed by atoms with Crippen LogP contribution >= 0.6 is 0 Å². The Bertz CT molecular complexity index is 1350. The number of halogens is 1. The van der Waals surface area contributed by atoms with Gasteiger partial charge in [-0.2, -0.15) is 9.40 Å². The molecule has 33 heavy (non-hydrogen) atoms. The quantitative estimate of drug-likeness (QED) is 0.448. The van der Waals surface area contributed by atoms with Crippen molar-refractivity contribution in [2.24, 2.45) is 5.92 Å². The second kappa shape index (κ2) is 8.72. The Morgan fingerprint density at radius 2 is 1.97 bits per heavy atom. The molecule has 0 bridgehead atoms. The van der Waals surface area contributed by atoms with Gasteiger partial charge in [-0.3, -0.25) is 5.10 Å². The lowest BCUT2D eigenvalue weighted by atomic mass is 10.1. The molecule has 0 saturated carbocycles. The van der Waals surface area contributed by atoms with Crippen LogP contribution in [-0.2, 0) is 23.0 Å². The van der Waals surface area contributed by atoms with Gasteiger partial charge in [-0.25, -0.2) is 17.8 Å². The molecule has 3 aromatic heterocycles. The minimum atomic E-state index is -3.39. The average Bonchev–Trinajstić information content (AvgIpc) is 3.54. The van der Waals surface area contributed by atoms with E-state index in [0.717, 1.165) is 40.8 Å². The first-order valence-electron chi connectivity index (χ1n) is 11.1. The van der Waals surface area contributed by atoms with Crippen molar-refractivity contribution in [1.82, 2.24) is 24.1 Å². The van der Waals surface area contributed by atoms with Crippen LogP contribution in [0.2, 0.25) is 0 Å². The third-order valence-electron chi connectivity index (χ3n) is 6.40. The van der Waals surface area contributed by atoms with Crippen molar-refractivity contribution in [1.29, 1.82) is 0 Å². The molecular weight excluding hydrogens is 441 g/mol. The van der Waals surface area contributed by atoms with Crippen LogP contribution in [0.1, 0.15) is 18.9 Å². The van der Waals surface area contributed by atoms with Crippen molar-refractivity contribution in [2.45, 2.75) is 32.4 Å². The maximum Gasteiger partial charge on any atom is 0.214 e. The van der Waals surface area contributed by atoms with Crippen LogP contribution in [0.5, 0.6) is 0 Å². The second-order valence-electron chi connectivity index (χ2n) is 8.77. The first-order chi connectivity index (χ1) is 15.9. The van der Waals surface area contributed by atoms with Gasteiger partial charge >= 0.3 is 0 Å². The van der Waals surface area contributed by atoms with Crippen molar-refractivity contribution >= 4 is 21.1 Å². The lowest BCUT2D eigenvalue weighted by Crippen LogP contribution is -2.36. The number of aromatic nitrogens is 4. The molecule has 0 aliphatic carbocycles. The molecule has 1 saturated heterocycles. The van der Waals surface area contributed by atoms with Crippen molar-refractivity contribution in [3.05, 3.63) is 72.4 Å². The summed E-state index contributed by atoms with van der Waals surface area (Å²) in [6.07, 6.45) is 6.78. The number of rotatable bonds is 7. The van der Waals surface area contributed by atoms with E-state index in [1.165, 1.54) is 12.1 Å². The largest absolute Gasteiger partial charge is 0.346 e. The normalized spacial score (nSPS) is 19.5. The van der Waals surface area contributed by atoms with E-state index in [1.807, 2.05) is 31.5 Å². The highest BCUT2D eigenvalue weighted by molar-refractivity contribution is 7.89. The molecule has 2 atom stereocenters. The number of aromatic amines is 1. The average molecular weight is 468 g/mol. The number of nitrogens with zero attached hydrogens (tertiary/aromatic N) is 4. The number of H-pyrrole nitrogens is 1. The first kappa shape index (κ1) is 21.8. The summed E-state index contributed by atoms with van der Waals surface area (Å²) in [5.74, 6) is -0.0594. The van der Waals surface area contributed by atoms with Gasteiger partial charge in [0.2, 0.25) is 10.0 Å². The van der Waals surface area contributed by atoms with Gasteiger partial charge in [0, 0.05) is 37.1 Å². The summed E-state index contributed by atoms with van der Waals surface area (Å²) in [6.45, 7) is 3.22. The fourth-order valence-electron chi connectivity index (χ4n) is 4.71. The van der Waals surface area contributed by atoms with Gasteiger partial charge in [0.1, 0.15) is 5.82 Å². The Labute approximate surface area is 192 Å². The van der Waals surface area contributed by atoms with Gasteiger partial charge in [0.05, 0.1) is 28.7 Å². The molecule has 4 aromatic rings. The van der Waals surface area contributed by atoms with Crippen molar-refractivity contribution in [2.75, 3.05) is 12.3 Å². The van der Waals surface area contributed by atoms with Gasteiger partial charge in [0.15, 0.2) is 0 Å². The molecular formula is C24H26FN5O2S. The molecule has 172 valence electrons. The fraction of sp³-hybridized carbons (Fsp3) is 0.333. The van der Waals surface area contributed by atoms with E-state index in [2.05, 4.69) is 20.8 Å². The molecule has 1 N–H and O–H groups in total. The van der Waals surface area contributed by atoms with E-state index in [4.69, 9.17) is 4.98 Å². The highest BCUT2D eigenvalue weighted by Gasteiger charge is 2.36. The highest BCUT2D eigenvalue weighted by Crippen LogP contribution is 2.29. The number of pyridine rings is 1. The Hall–Kier alpha value is -3.04. The molecule has 0 spiro atoms. The molecule has 1 fully saturated rings. The number of hydrogen-bond acceptors (Lipinski definition) is 4. The predicted molar refractivity (Wildman–Crippen MR) is 125 cm³/mol. The molecule has 1 aliphatic heterocycles. The molecule has 0 amide bonds. The van der Waals surface area contributed by atoms with E-state index in [-0.39, 0.29) is 23.5 Å². The molecule has 9 heteroatoms. The van der Waals surface area contributed by atoms with Gasteiger partial charge in [-0.15, -0.1) is 0 Å². The van der Waals surface area contributed by atoms with Crippen LogP contribution in [0.3, 0.4) is 0 Å². The summed E-state index contributed by atoms with van der Waals surface area (Å²) < 4.78 is 42.9. The van der Waals surface area contributed by atoms with E-state index in [9.17, 15) is 12.8 Å². The number of benzene rings is 1. The Kier molecular flexibility index (Phi) is 5.76. The van der Waals surface area contributed by atoms with Gasteiger partial charge in [-0.05, 0) is 61.6 Å². The Morgan fingerprint density at radius 1 is 1.15 bits per heavy atom. The zero-order chi connectivity index (χ0) is 23.0. The molecule has 4 heterocycles. The van der Waals surface area contributed by atoms with Crippen molar-refractivity contribution in [3.63, 3.8) is 0 Å². The summed E-state index contributed by atoms with van der Waals surface area (Å²) >= 11 is 0. The first-order valence-corrected chi connectivity index (χ1v) is 12.7. The minimum Gasteiger partial charge on any atom is -0.346 e. The molecule has 1 aromatic carbocycles. The maximum atomic E-state index is 13.1. The number of hydrogen-bond donors (Lipinski definition) is 1. The highest BCUT2D eigenvalue weighted by atomic mass is 32.2. The van der Waals surface area contributed by atoms with Crippen LogP contribution in [0.4, 0.5) is 4.39 Å². The van der Waals surface area contributed by atoms with Crippen LogP contribution in [0, 0.1) is 11.7 Å². The number of sulfonamides is 1. The summed E-state index contributed by atoms with van der Waals surface area (Å²) in [4.78, 5) is 4.73. The zero-order valence-electron chi connectivity index (χ0n) is 18.4. The SMILES string of the molecule is C[C@H]1CC(Cn2ccc3nc(-c4cn[nH]c4)ccc32)CN1S(=O)(=O)CCc1ccc(F)cc1. The molecule has 7 nitrogen and oxygen atoms in total. The third-order valence-corrected chi connectivity index (χ3v) is 8.34. The van der Waals surface area contributed by atoms with Gasteiger partial charge < -0.3 is 4.57 Å². The molecule has 5 rings (SSSR count). The van der Waals surface area contributed by atoms with E-state index < -0.39 is 10.0 Å². The maximum absolute atomic E-state index is 13.1. The fourth-order valence-corrected chi connectivity index (χ4v) is 6.51. The van der Waals surface area contributed by atoms with Crippen LogP contribution in [0.15, 0.2) is 61.1 Å². The standard InChI is InChI=1S/C24H26FN5O2S/c1-17-12-19(16-30(17)33(31,32)11-9-18-2-4-21(25)5-3-18)15-29-10-8-23-24(29)7-6-22(28-23)20-13-26-27-14-20/h2-8,10,13-14,17,19H,9,11-12,15-16H2,1H3,(H,26,27)/t17-,19?/m0/s1. The predicted octanol–water partition coefficient (Wildman–Crippen LogP) is 3.85. The van der Waals surface area contributed by atoms with Crippen LogP contribution < -0.4 is 0 Å². The second-order valence-corrected chi connectivity index (χ2v) is 10.8. The molecule has 0 radical (unpaired) electrons. The lowest BCUT2D eigenvalue weighted by molar-refractivity contribution is 0.399. The monoisotopic (exact) mass is 467 g/mol. The smallest absolute Gasteiger partial charge is 0.214 e. The van der Waals surface area contributed by atoms with Crippen molar-refractivity contribution in [3.8, 4) is 11.3 Å². The third kappa shape index (κ3) is 4.56. The summed E-state index contributed by atoms with van der Waals surface area (Å²) in [5, 5.41) is 6.79. The summed E-state index contributed by atoms with van der Waals surface area (Å²) in [6, 6.07) is 12.0. The number of fused-ring (bicyclic) bond motifs is 1. The minimum absolute atomic E-state index is 0.0306. The van der Waals surface area contributed by atoms with E-state index >= 15 is 0 Å². The molecule has 1 aliphatic rings. The summed E-state index contributed by atoms with van der Waals surface area (Å²) in [5.41, 5.74) is 4.57. The topological polar surface area (TPSA) is 83.9 Å². The Morgan fingerprint density at radius 3 is 2.73 bits per heavy atom. The van der Waals surface area contributed by atoms with E-state index in [1.54, 1.807) is 22.6 Å². The molecule has 1 unspecified atom stereocenters. The van der Waals surface area contributed by atoms with Crippen molar-refractivity contribution < 1.29 is 12.8 Å².